The number of carbonyl (C=O) groups is 2. The van der Waals surface area contributed by atoms with Crippen molar-refractivity contribution in [2.45, 2.75) is 18.9 Å². The third-order valence-corrected chi connectivity index (χ3v) is 7.13. The van der Waals surface area contributed by atoms with E-state index < -0.39 is 0 Å². The van der Waals surface area contributed by atoms with E-state index in [1.54, 1.807) is 35.5 Å². The van der Waals surface area contributed by atoms with Crippen molar-refractivity contribution in [1.29, 1.82) is 0 Å². The van der Waals surface area contributed by atoms with E-state index in [2.05, 4.69) is 11.4 Å². The molecule has 0 fully saturated rings. The Bertz CT molecular complexity index is 1080. The number of ether oxygens (including phenoxy) is 1. The molecule has 1 aliphatic rings. The van der Waals surface area contributed by atoms with E-state index >= 15 is 0 Å². The van der Waals surface area contributed by atoms with Gasteiger partial charge in [0.1, 0.15) is 6.54 Å². The smallest absolute Gasteiger partial charge is 0.254 e. The molecule has 1 aliphatic heterocycles. The molecule has 2 aromatic carbocycles. The van der Waals surface area contributed by atoms with Gasteiger partial charge >= 0.3 is 0 Å². The van der Waals surface area contributed by atoms with Gasteiger partial charge in [0.25, 0.3) is 5.91 Å². The summed E-state index contributed by atoms with van der Waals surface area (Å²) in [5, 5.41) is 2.74. The highest BCUT2D eigenvalue weighted by atomic mass is 35.5. The van der Waals surface area contributed by atoms with Crippen LogP contribution in [0.5, 0.6) is 0 Å². The van der Waals surface area contributed by atoms with Crippen LogP contribution in [0.1, 0.15) is 38.8 Å². The first kappa shape index (κ1) is 23.5. The number of hydrogen-bond acceptors (Lipinski definition) is 4. The van der Waals surface area contributed by atoms with Gasteiger partial charge in [0.05, 0.1) is 6.04 Å². The number of fused-ring (bicyclic) bond motifs is 1. The van der Waals surface area contributed by atoms with E-state index in [1.807, 2.05) is 47.4 Å². The van der Waals surface area contributed by atoms with Crippen LogP contribution in [0, 0.1) is 0 Å². The molecular formula is C26H27ClN2O3S. The maximum absolute atomic E-state index is 13.6. The third-order valence-electron chi connectivity index (χ3n) is 5.88. The number of nitrogens with zero attached hydrogens (tertiary/aromatic N) is 2. The Morgan fingerprint density at radius 1 is 1.12 bits per heavy atom. The summed E-state index contributed by atoms with van der Waals surface area (Å²) in [6.45, 7) is 1.63. The molecule has 1 aromatic heterocycles. The van der Waals surface area contributed by atoms with Crippen molar-refractivity contribution in [2.24, 2.45) is 0 Å². The Kier molecular flexibility index (Phi) is 7.81. The van der Waals surface area contributed by atoms with Crippen molar-refractivity contribution in [3.05, 3.63) is 92.6 Å². The quantitative estimate of drug-likeness (QED) is 0.422. The van der Waals surface area contributed by atoms with E-state index in [9.17, 15) is 9.59 Å². The van der Waals surface area contributed by atoms with Crippen molar-refractivity contribution in [3.8, 4) is 0 Å². The molecule has 3 aromatic rings. The van der Waals surface area contributed by atoms with Crippen LogP contribution in [0.25, 0.3) is 0 Å². The van der Waals surface area contributed by atoms with E-state index in [4.69, 9.17) is 16.3 Å². The van der Waals surface area contributed by atoms with Gasteiger partial charge in [-0.15, -0.1) is 11.3 Å². The normalized spacial score (nSPS) is 15.2. The van der Waals surface area contributed by atoms with Gasteiger partial charge in [-0.25, -0.2) is 0 Å². The number of hydrogen-bond donors (Lipinski definition) is 0. The van der Waals surface area contributed by atoms with Gasteiger partial charge in [-0.3, -0.25) is 9.59 Å². The lowest BCUT2D eigenvalue weighted by molar-refractivity contribution is -0.134. The molecule has 7 heteroatoms. The average Bonchev–Trinajstić information content (AvgIpc) is 3.32. The number of halogens is 1. The minimum absolute atomic E-state index is 0.0288. The lowest BCUT2D eigenvalue weighted by Crippen LogP contribution is -2.47. The highest BCUT2D eigenvalue weighted by Crippen LogP contribution is 2.38. The average molecular weight is 483 g/mol. The summed E-state index contributed by atoms with van der Waals surface area (Å²) in [6.07, 6.45) is 1.48. The predicted molar refractivity (Wildman–Crippen MR) is 132 cm³/mol. The second-order valence-electron chi connectivity index (χ2n) is 8.03. The van der Waals surface area contributed by atoms with Crippen molar-refractivity contribution in [1.82, 2.24) is 9.80 Å². The number of methoxy groups -OCH3 is 1. The first-order valence-electron chi connectivity index (χ1n) is 11.0. The Morgan fingerprint density at radius 3 is 2.61 bits per heavy atom. The molecule has 5 nitrogen and oxygen atoms in total. The van der Waals surface area contributed by atoms with E-state index in [-0.39, 0.29) is 24.4 Å². The first-order chi connectivity index (χ1) is 16.1. The fourth-order valence-electron chi connectivity index (χ4n) is 4.26. The second kappa shape index (κ2) is 11.0. The van der Waals surface area contributed by atoms with Crippen LogP contribution in [0.4, 0.5) is 0 Å². The molecule has 0 saturated carbocycles. The molecule has 172 valence electrons. The van der Waals surface area contributed by atoms with Gasteiger partial charge in [-0.05, 0) is 59.7 Å². The van der Waals surface area contributed by atoms with Crippen LogP contribution >= 0.6 is 22.9 Å². The molecule has 2 heterocycles. The SMILES string of the molecule is COCCCN(CC(=O)N1CCc2sccc2C1c1ccc(Cl)cc1)C(=O)c1ccccc1. The Morgan fingerprint density at radius 2 is 1.88 bits per heavy atom. The number of benzene rings is 2. The van der Waals surface area contributed by atoms with Crippen LogP contribution in [-0.2, 0) is 16.0 Å². The van der Waals surface area contributed by atoms with Crippen molar-refractivity contribution >= 4 is 34.8 Å². The highest BCUT2D eigenvalue weighted by Gasteiger charge is 2.34. The first-order valence-corrected chi connectivity index (χ1v) is 12.3. The fourth-order valence-corrected chi connectivity index (χ4v) is 5.29. The number of rotatable bonds is 8. The maximum Gasteiger partial charge on any atom is 0.254 e. The van der Waals surface area contributed by atoms with Gasteiger partial charge in [0.2, 0.25) is 5.91 Å². The van der Waals surface area contributed by atoms with Crippen molar-refractivity contribution in [3.63, 3.8) is 0 Å². The van der Waals surface area contributed by atoms with E-state index in [1.165, 1.54) is 4.88 Å². The lowest BCUT2D eigenvalue weighted by Gasteiger charge is -2.37. The van der Waals surface area contributed by atoms with Crippen molar-refractivity contribution < 1.29 is 14.3 Å². The predicted octanol–water partition coefficient (Wildman–Crippen LogP) is 5.05. The van der Waals surface area contributed by atoms with Gasteiger partial charge < -0.3 is 14.5 Å². The van der Waals surface area contributed by atoms with Crippen LogP contribution in [-0.4, -0.2) is 55.0 Å². The molecule has 0 N–H and O–H groups in total. The van der Waals surface area contributed by atoms with Gasteiger partial charge in [0, 0.05) is 42.3 Å². The minimum Gasteiger partial charge on any atom is -0.385 e. The molecule has 33 heavy (non-hydrogen) atoms. The molecule has 2 amide bonds. The lowest BCUT2D eigenvalue weighted by atomic mass is 9.93. The molecular weight excluding hydrogens is 456 g/mol. The van der Waals surface area contributed by atoms with Crippen LogP contribution in [0.15, 0.2) is 66.0 Å². The Labute approximate surface area is 203 Å². The molecule has 0 aliphatic carbocycles. The van der Waals surface area contributed by atoms with Crippen molar-refractivity contribution in [2.75, 3.05) is 33.4 Å². The summed E-state index contributed by atoms with van der Waals surface area (Å²) in [7, 11) is 1.64. The van der Waals surface area contributed by atoms with Crippen LogP contribution < -0.4 is 0 Å². The Balaban J connectivity index is 1.59. The molecule has 0 spiro atoms. The molecule has 1 atom stereocenters. The van der Waals surface area contributed by atoms with Gasteiger partial charge in [0.15, 0.2) is 0 Å². The van der Waals surface area contributed by atoms with E-state index in [0.29, 0.717) is 36.7 Å². The summed E-state index contributed by atoms with van der Waals surface area (Å²) in [5.41, 5.74) is 2.75. The zero-order valence-corrected chi connectivity index (χ0v) is 20.1. The summed E-state index contributed by atoms with van der Waals surface area (Å²) in [4.78, 5) is 31.7. The zero-order valence-electron chi connectivity index (χ0n) is 18.6. The molecule has 0 saturated heterocycles. The molecule has 1 unspecified atom stereocenters. The summed E-state index contributed by atoms with van der Waals surface area (Å²) < 4.78 is 5.17. The molecule has 4 rings (SSSR count). The Hall–Kier alpha value is -2.67. The summed E-state index contributed by atoms with van der Waals surface area (Å²) >= 11 is 7.85. The fraction of sp³-hybridized carbons (Fsp3) is 0.308. The number of amides is 2. The molecule has 0 bridgehead atoms. The summed E-state index contributed by atoms with van der Waals surface area (Å²) in [6, 6.07) is 18.7. The zero-order chi connectivity index (χ0) is 23.2. The monoisotopic (exact) mass is 482 g/mol. The van der Waals surface area contributed by atoms with Crippen LogP contribution in [0.3, 0.4) is 0 Å². The minimum atomic E-state index is -0.183. The standard InChI is InChI=1S/C26H27ClN2O3S/c1-32-16-5-14-28(26(31)20-6-3-2-4-7-20)18-24(30)29-15-12-23-22(13-17-33-23)25(29)19-8-10-21(27)11-9-19/h2-4,6-11,13,17,25H,5,12,14-16,18H2,1H3. The third kappa shape index (κ3) is 5.46. The van der Waals surface area contributed by atoms with Gasteiger partial charge in [-0.1, -0.05) is 41.9 Å². The van der Waals surface area contributed by atoms with Crippen LogP contribution in [0.2, 0.25) is 5.02 Å². The maximum atomic E-state index is 13.6. The van der Waals surface area contributed by atoms with Gasteiger partial charge in [-0.2, -0.15) is 0 Å². The topological polar surface area (TPSA) is 49.9 Å². The number of thiophene rings is 1. The second-order valence-corrected chi connectivity index (χ2v) is 9.47. The largest absolute Gasteiger partial charge is 0.385 e. The highest BCUT2D eigenvalue weighted by molar-refractivity contribution is 7.10. The molecule has 0 radical (unpaired) electrons. The summed E-state index contributed by atoms with van der Waals surface area (Å²) in [5.74, 6) is -0.204. The number of carbonyl (C=O) groups excluding carboxylic acids is 2. The van der Waals surface area contributed by atoms with E-state index in [0.717, 1.165) is 17.5 Å².